The third kappa shape index (κ3) is 1.89. The zero-order valence-electron chi connectivity index (χ0n) is 12.1. The minimum absolute atomic E-state index is 0.0311. The maximum Gasteiger partial charge on any atom is 0.193 e. The molecule has 21 heavy (non-hydrogen) atoms. The summed E-state index contributed by atoms with van der Waals surface area (Å²) in [5.74, 6) is 0.0311. The van der Waals surface area contributed by atoms with Crippen molar-refractivity contribution in [2.24, 2.45) is 0 Å². The normalized spacial score (nSPS) is 15.0. The van der Waals surface area contributed by atoms with E-state index >= 15 is 0 Å². The van der Waals surface area contributed by atoms with Crippen LogP contribution in [-0.2, 0) is 5.41 Å². The summed E-state index contributed by atoms with van der Waals surface area (Å²) < 4.78 is 0. The number of nitrogens with zero attached hydrogens (tertiary/aromatic N) is 1. The van der Waals surface area contributed by atoms with Gasteiger partial charge in [-0.3, -0.25) is 4.79 Å². The van der Waals surface area contributed by atoms with Crippen LogP contribution in [0.4, 0.5) is 0 Å². The highest BCUT2D eigenvalue weighted by atomic mass is 16.1. The third-order valence-electron chi connectivity index (χ3n) is 4.36. The molecule has 0 aliphatic heterocycles. The summed E-state index contributed by atoms with van der Waals surface area (Å²) in [6, 6.07) is 17.6. The number of rotatable bonds is 3. The van der Waals surface area contributed by atoms with E-state index in [1.54, 1.807) is 0 Å². The fourth-order valence-corrected chi connectivity index (χ4v) is 3.28. The van der Waals surface area contributed by atoms with Gasteiger partial charge >= 0.3 is 0 Å². The first-order valence-electron chi connectivity index (χ1n) is 7.39. The van der Waals surface area contributed by atoms with E-state index in [-0.39, 0.29) is 5.78 Å². The van der Waals surface area contributed by atoms with E-state index < -0.39 is 5.41 Å². The molecule has 0 radical (unpaired) electrons. The van der Waals surface area contributed by atoms with Gasteiger partial charge in [-0.25, -0.2) is 0 Å². The monoisotopic (exact) mass is 275 g/mol. The van der Waals surface area contributed by atoms with Gasteiger partial charge in [0.15, 0.2) is 5.78 Å². The number of fused-ring (bicyclic) bond motifs is 2. The predicted octanol–water partition coefficient (Wildman–Crippen LogP) is 4.23. The predicted molar refractivity (Wildman–Crippen MR) is 82.2 cm³/mol. The standard InChI is InChI=1S/C19H17NO/c1-2-3-12-19(13-20)16-10-6-4-8-14(16)18(21)15-9-5-7-11-17(15)19/h4-11H,2-3,12H2,1H3. The van der Waals surface area contributed by atoms with Gasteiger partial charge in [0, 0.05) is 11.1 Å². The maximum atomic E-state index is 12.7. The molecule has 0 fully saturated rings. The topological polar surface area (TPSA) is 40.9 Å². The Morgan fingerprint density at radius 3 is 2.00 bits per heavy atom. The van der Waals surface area contributed by atoms with E-state index in [0.29, 0.717) is 11.1 Å². The van der Waals surface area contributed by atoms with Crippen molar-refractivity contribution in [3.8, 4) is 6.07 Å². The van der Waals surface area contributed by atoms with Crippen LogP contribution in [0.2, 0.25) is 0 Å². The van der Waals surface area contributed by atoms with Gasteiger partial charge in [0.2, 0.25) is 0 Å². The molecule has 1 aliphatic carbocycles. The zero-order valence-corrected chi connectivity index (χ0v) is 12.1. The van der Waals surface area contributed by atoms with Crippen LogP contribution < -0.4 is 0 Å². The Kier molecular flexibility index (Phi) is 3.35. The first-order valence-corrected chi connectivity index (χ1v) is 7.39. The van der Waals surface area contributed by atoms with Crippen LogP contribution >= 0.6 is 0 Å². The molecule has 0 spiro atoms. The van der Waals surface area contributed by atoms with Gasteiger partial charge in [-0.05, 0) is 17.5 Å². The number of benzene rings is 2. The lowest BCUT2D eigenvalue weighted by Crippen LogP contribution is -2.34. The Hall–Kier alpha value is -2.40. The van der Waals surface area contributed by atoms with Crippen molar-refractivity contribution in [3.63, 3.8) is 0 Å². The van der Waals surface area contributed by atoms with E-state index in [1.807, 2.05) is 48.5 Å². The number of ketones is 1. The van der Waals surface area contributed by atoms with Crippen molar-refractivity contribution in [2.75, 3.05) is 0 Å². The quantitative estimate of drug-likeness (QED) is 0.841. The molecule has 0 bridgehead atoms. The summed E-state index contributed by atoms with van der Waals surface area (Å²) in [5, 5.41) is 9.99. The molecule has 0 N–H and O–H groups in total. The summed E-state index contributed by atoms with van der Waals surface area (Å²) in [6.45, 7) is 2.12. The summed E-state index contributed by atoms with van der Waals surface area (Å²) in [7, 11) is 0. The lowest BCUT2D eigenvalue weighted by Gasteiger charge is -2.34. The highest BCUT2D eigenvalue weighted by Crippen LogP contribution is 2.44. The SMILES string of the molecule is CCCCC1(C#N)c2ccccc2C(=O)c2ccccc21. The first-order chi connectivity index (χ1) is 10.2. The number of unbranched alkanes of at least 4 members (excludes halogenated alkanes) is 1. The van der Waals surface area contributed by atoms with E-state index in [2.05, 4.69) is 13.0 Å². The van der Waals surface area contributed by atoms with Crippen molar-refractivity contribution in [1.82, 2.24) is 0 Å². The van der Waals surface area contributed by atoms with Crippen molar-refractivity contribution in [3.05, 3.63) is 70.8 Å². The van der Waals surface area contributed by atoms with E-state index in [4.69, 9.17) is 0 Å². The lowest BCUT2D eigenvalue weighted by molar-refractivity contribution is 0.103. The van der Waals surface area contributed by atoms with Gasteiger partial charge in [-0.1, -0.05) is 68.3 Å². The number of hydrogen-bond donors (Lipinski definition) is 0. The Labute approximate surface area is 125 Å². The van der Waals surface area contributed by atoms with Gasteiger partial charge < -0.3 is 0 Å². The Morgan fingerprint density at radius 1 is 1.00 bits per heavy atom. The summed E-state index contributed by atoms with van der Waals surface area (Å²) >= 11 is 0. The summed E-state index contributed by atoms with van der Waals surface area (Å²) in [4.78, 5) is 12.7. The van der Waals surface area contributed by atoms with Crippen LogP contribution in [0.3, 0.4) is 0 Å². The Bertz CT molecular complexity index is 690. The van der Waals surface area contributed by atoms with Crippen molar-refractivity contribution < 1.29 is 4.79 Å². The van der Waals surface area contributed by atoms with Crippen LogP contribution in [0.5, 0.6) is 0 Å². The molecule has 2 aromatic rings. The first kappa shape index (κ1) is 13.6. The van der Waals surface area contributed by atoms with Gasteiger partial charge in [0.1, 0.15) is 5.41 Å². The molecule has 0 aromatic heterocycles. The van der Waals surface area contributed by atoms with Crippen molar-refractivity contribution in [2.45, 2.75) is 31.6 Å². The highest BCUT2D eigenvalue weighted by Gasteiger charge is 2.43. The van der Waals surface area contributed by atoms with E-state index in [9.17, 15) is 10.1 Å². The summed E-state index contributed by atoms with van der Waals surface area (Å²) in [5.41, 5.74) is 2.38. The third-order valence-corrected chi connectivity index (χ3v) is 4.36. The number of nitriles is 1. The van der Waals surface area contributed by atoms with Crippen LogP contribution in [0.1, 0.15) is 53.2 Å². The minimum Gasteiger partial charge on any atom is -0.289 e. The molecular weight excluding hydrogens is 258 g/mol. The van der Waals surface area contributed by atoms with Crippen LogP contribution in [0, 0.1) is 11.3 Å². The molecule has 0 atom stereocenters. The molecule has 0 unspecified atom stereocenters. The van der Waals surface area contributed by atoms with Crippen LogP contribution in [-0.4, -0.2) is 5.78 Å². The molecule has 2 heteroatoms. The number of carbonyl (C=O) groups excluding carboxylic acids is 1. The highest BCUT2D eigenvalue weighted by molar-refractivity contribution is 6.13. The molecular formula is C19H17NO. The van der Waals surface area contributed by atoms with Gasteiger partial charge in [-0.2, -0.15) is 5.26 Å². The van der Waals surface area contributed by atoms with Gasteiger partial charge in [0.05, 0.1) is 6.07 Å². The molecule has 104 valence electrons. The largest absolute Gasteiger partial charge is 0.289 e. The lowest BCUT2D eigenvalue weighted by atomic mass is 9.65. The van der Waals surface area contributed by atoms with Crippen molar-refractivity contribution in [1.29, 1.82) is 5.26 Å². The van der Waals surface area contributed by atoms with Crippen molar-refractivity contribution >= 4 is 5.78 Å². The molecule has 0 saturated carbocycles. The second-order valence-electron chi connectivity index (χ2n) is 5.54. The fraction of sp³-hybridized carbons (Fsp3) is 0.263. The minimum atomic E-state index is -0.697. The smallest absolute Gasteiger partial charge is 0.193 e. The molecule has 0 heterocycles. The van der Waals surface area contributed by atoms with E-state index in [0.717, 1.165) is 30.4 Å². The summed E-state index contributed by atoms with van der Waals surface area (Å²) in [6.07, 6.45) is 2.74. The number of hydrogen-bond acceptors (Lipinski definition) is 2. The average molecular weight is 275 g/mol. The Morgan fingerprint density at radius 2 is 1.52 bits per heavy atom. The maximum absolute atomic E-state index is 12.7. The zero-order chi connectivity index (χ0) is 14.9. The molecule has 2 nitrogen and oxygen atoms in total. The second kappa shape index (κ2) is 5.18. The Balaban J connectivity index is 2.32. The van der Waals surface area contributed by atoms with E-state index in [1.165, 1.54) is 0 Å². The second-order valence-corrected chi connectivity index (χ2v) is 5.54. The van der Waals surface area contributed by atoms with Gasteiger partial charge in [-0.15, -0.1) is 0 Å². The van der Waals surface area contributed by atoms with Crippen LogP contribution in [0.25, 0.3) is 0 Å². The average Bonchev–Trinajstić information content (AvgIpc) is 2.56. The van der Waals surface area contributed by atoms with Gasteiger partial charge in [0.25, 0.3) is 0 Å². The molecule has 3 rings (SSSR count). The number of carbonyl (C=O) groups is 1. The molecule has 2 aromatic carbocycles. The van der Waals surface area contributed by atoms with Crippen LogP contribution in [0.15, 0.2) is 48.5 Å². The fourth-order valence-electron chi connectivity index (χ4n) is 3.28. The molecule has 1 aliphatic rings. The molecule has 0 amide bonds. The molecule has 0 saturated heterocycles.